The lowest BCUT2D eigenvalue weighted by molar-refractivity contribution is 0.0883. The van der Waals surface area contributed by atoms with Gasteiger partial charge in [-0.05, 0) is 44.2 Å². The number of aliphatic hydroxyl groups excluding tert-OH is 1. The number of nitrogens with one attached hydrogen (secondary N) is 1. The van der Waals surface area contributed by atoms with E-state index in [-0.39, 0.29) is 17.9 Å². The lowest BCUT2D eigenvalue weighted by Crippen LogP contribution is -2.44. The summed E-state index contributed by atoms with van der Waals surface area (Å²) in [6.07, 6.45) is 4.19. The van der Waals surface area contributed by atoms with Crippen LogP contribution in [0.4, 0.5) is 14.9 Å². The molecular formula is C16H21FN2O3. The summed E-state index contributed by atoms with van der Waals surface area (Å²) in [5, 5.41) is 12.3. The van der Waals surface area contributed by atoms with Gasteiger partial charge < -0.3 is 20.1 Å². The highest BCUT2D eigenvalue weighted by Crippen LogP contribution is 2.28. The summed E-state index contributed by atoms with van der Waals surface area (Å²) in [7, 11) is 0. The van der Waals surface area contributed by atoms with Crippen molar-refractivity contribution in [3.05, 3.63) is 24.0 Å². The number of urea groups is 1. The van der Waals surface area contributed by atoms with Crippen LogP contribution in [-0.4, -0.2) is 41.3 Å². The van der Waals surface area contributed by atoms with E-state index in [9.17, 15) is 14.3 Å². The number of benzene rings is 1. The Balaban J connectivity index is 1.59. The summed E-state index contributed by atoms with van der Waals surface area (Å²) >= 11 is 0. The first-order valence-electron chi connectivity index (χ1n) is 7.82. The number of halogens is 1. The van der Waals surface area contributed by atoms with Crippen LogP contribution < -0.4 is 10.1 Å². The summed E-state index contributed by atoms with van der Waals surface area (Å²) in [6, 6.07) is 4.14. The summed E-state index contributed by atoms with van der Waals surface area (Å²) in [6.45, 7) is 0.922. The quantitative estimate of drug-likeness (QED) is 0.902. The maximum absolute atomic E-state index is 14.0. The number of hydrogen-bond donors (Lipinski definition) is 2. The Morgan fingerprint density at radius 2 is 2.14 bits per heavy atom. The molecule has 120 valence electrons. The van der Waals surface area contributed by atoms with Crippen molar-refractivity contribution >= 4 is 11.7 Å². The zero-order chi connectivity index (χ0) is 15.5. The van der Waals surface area contributed by atoms with Crippen LogP contribution in [0.1, 0.15) is 32.1 Å². The van der Waals surface area contributed by atoms with Gasteiger partial charge in [0, 0.05) is 24.8 Å². The molecule has 5 nitrogen and oxygen atoms in total. The van der Waals surface area contributed by atoms with Gasteiger partial charge in [0.15, 0.2) is 11.6 Å². The minimum absolute atomic E-state index is 0.116. The van der Waals surface area contributed by atoms with Gasteiger partial charge >= 0.3 is 6.03 Å². The molecule has 22 heavy (non-hydrogen) atoms. The first kappa shape index (κ1) is 15.1. The average molecular weight is 308 g/mol. The van der Waals surface area contributed by atoms with Crippen molar-refractivity contribution in [1.29, 1.82) is 0 Å². The number of ether oxygens (including phenoxy) is 1. The van der Waals surface area contributed by atoms with Crippen molar-refractivity contribution in [2.75, 3.05) is 18.4 Å². The Morgan fingerprint density at radius 3 is 2.77 bits per heavy atom. The maximum atomic E-state index is 14.0. The molecule has 2 aliphatic rings. The van der Waals surface area contributed by atoms with E-state index in [1.54, 1.807) is 17.0 Å². The predicted molar refractivity (Wildman–Crippen MR) is 80.5 cm³/mol. The minimum atomic E-state index is -0.477. The van der Waals surface area contributed by atoms with Crippen molar-refractivity contribution in [3.8, 4) is 5.75 Å². The van der Waals surface area contributed by atoms with Crippen LogP contribution in [0.2, 0.25) is 0 Å². The van der Waals surface area contributed by atoms with Crippen LogP contribution in [0.3, 0.4) is 0 Å². The second-order valence-electron chi connectivity index (χ2n) is 5.99. The number of aliphatic hydroxyl groups is 1. The number of anilines is 1. The van der Waals surface area contributed by atoms with Crippen LogP contribution in [0.5, 0.6) is 5.75 Å². The number of carbonyl (C=O) groups excluding carboxylic acids is 1. The number of nitrogens with zero attached hydrogens (tertiary/aromatic N) is 1. The molecule has 6 heteroatoms. The minimum Gasteiger partial charge on any atom is -0.487 e. The highest BCUT2D eigenvalue weighted by Gasteiger charge is 2.23. The fraction of sp³-hybridized carbons (Fsp3) is 0.562. The number of piperidine rings is 1. The number of rotatable bonds is 3. The van der Waals surface area contributed by atoms with Crippen molar-refractivity contribution < 1.29 is 19.0 Å². The van der Waals surface area contributed by atoms with Crippen LogP contribution in [0.25, 0.3) is 0 Å². The highest BCUT2D eigenvalue weighted by atomic mass is 19.1. The molecule has 2 fully saturated rings. The van der Waals surface area contributed by atoms with Crippen molar-refractivity contribution in [2.24, 2.45) is 0 Å². The third kappa shape index (κ3) is 3.50. The normalized spacial score (nSPS) is 22.1. The summed E-state index contributed by atoms with van der Waals surface area (Å²) < 4.78 is 19.5. The Kier molecular flexibility index (Phi) is 4.47. The van der Waals surface area contributed by atoms with Gasteiger partial charge in [0.05, 0.1) is 12.2 Å². The first-order valence-corrected chi connectivity index (χ1v) is 7.82. The van der Waals surface area contributed by atoms with Crippen molar-refractivity contribution in [1.82, 2.24) is 4.90 Å². The molecule has 3 rings (SSSR count). The number of β-amino-alcohol motifs (C(OH)–C–C–N with tert-alkyl or cyclic N) is 1. The van der Waals surface area contributed by atoms with Gasteiger partial charge in [0.2, 0.25) is 0 Å². The molecule has 2 N–H and O–H groups in total. The molecule has 1 aromatic rings. The molecule has 1 unspecified atom stereocenters. The van der Waals surface area contributed by atoms with Crippen LogP contribution in [-0.2, 0) is 0 Å². The van der Waals surface area contributed by atoms with Crippen molar-refractivity contribution in [3.63, 3.8) is 0 Å². The largest absolute Gasteiger partial charge is 0.487 e. The van der Waals surface area contributed by atoms with E-state index in [0.717, 1.165) is 25.7 Å². The molecule has 0 radical (unpaired) electrons. The Bertz CT molecular complexity index is 548. The predicted octanol–water partition coefficient (Wildman–Crippen LogP) is 2.75. The highest BCUT2D eigenvalue weighted by molar-refractivity contribution is 5.89. The summed E-state index contributed by atoms with van der Waals surface area (Å²) in [4.78, 5) is 13.6. The molecule has 1 aromatic carbocycles. The Morgan fingerprint density at radius 1 is 1.32 bits per heavy atom. The van der Waals surface area contributed by atoms with E-state index in [2.05, 4.69) is 5.32 Å². The lowest BCUT2D eigenvalue weighted by atomic mass is 9.96. The molecule has 1 atom stereocenters. The molecule has 1 heterocycles. The Hall–Kier alpha value is -1.82. The molecule has 1 aliphatic heterocycles. The number of amides is 2. The molecule has 0 spiro atoms. The van der Waals surface area contributed by atoms with Crippen molar-refractivity contribution in [2.45, 2.75) is 44.3 Å². The van der Waals surface area contributed by atoms with E-state index in [1.165, 1.54) is 6.07 Å². The zero-order valence-corrected chi connectivity index (χ0v) is 12.4. The van der Waals surface area contributed by atoms with E-state index in [4.69, 9.17) is 4.74 Å². The molecule has 1 saturated carbocycles. The van der Waals surface area contributed by atoms with Crippen LogP contribution in [0.15, 0.2) is 18.2 Å². The third-order valence-electron chi connectivity index (χ3n) is 4.21. The van der Waals surface area contributed by atoms with Gasteiger partial charge in [-0.25, -0.2) is 9.18 Å². The van der Waals surface area contributed by atoms with Gasteiger partial charge in [0.25, 0.3) is 0 Å². The fourth-order valence-corrected chi connectivity index (χ4v) is 2.68. The molecule has 2 amide bonds. The van der Waals surface area contributed by atoms with Gasteiger partial charge in [-0.1, -0.05) is 0 Å². The molecule has 1 saturated heterocycles. The number of hydrogen-bond acceptors (Lipinski definition) is 3. The number of carbonyl (C=O) groups is 1. The maximum Gasteiger partial charge on any atom is 0.321 e. The SMILES string of the molecule is O=C(Nc1ccc(OC2CCC2)c(F)c1)N1CCCC(O)C1. The van der Waals surface area contributed by atoms with Gasteiger partial charge in [-0.3, -0.25) is 0 Å². The van der Waals surface area contributed by atoms with Crippen LogP contribution in [0, 0.1) is 5.82 Å². The lowest BCUT2D eigenvalue weighted by Gasteiger charge is -2.30. The first-order chi connectivity index (χ1) is 10.6. The third-order valence-corrected chi connectivity index (χ3v) is 4.21. The number of likely N-dealkylation sites (tertiary alicyclic amines) is 1. The monoisotopic (exact) mass is 308 g/mol. The molecule has 0 bridgehead atoms. The molecule has 1 aliphatic carbocycles. The van der Waals surface area contributed by atoms with Gasteiger partial charge in [-0.15, -0.1) is 0 Å². The second kappa shape index (κ2) is 6.52. The second-order valence-corrected chi connectivity index (χ2v) is 5.99. The summed E-state index contributed by atoms with van der Waals surface area (Å²) in [5.41, 5.74) is 0.392. The van der Waals surface area contributed by atoms with Gasteiger partial charge in [-0.2, -0.15) is 0 Å². The molecular weight excluding hydrogens is 287 g/mol. The van der Waals surface area contributed by atoms with Crippen LogP contribution >= 0.6 is 0 Å². The topological polar surface area (TPSA) is 61.8 Å². The average Bonchev–Trinajstić information content (AvgIpc) is 2.44. The summed E-state index contributed by atoms with van der Waals surface area (Å²) in [5.74, 6) is -0.237. The van der Waals surface area contributed by atoms with E-state index >= 15 is 0 Å². The standard InChI is InChI=1S/C16H21FN2O3/c17-14-9-11(6-7-15(14)22-13-4-1-5-13)18-16(21)19-8-2-3-12(20)10-19/h6-7,9,12-13,20H,1-5,8,10H2,(H,18,21). The van der Waals surface area contributed by atoms with E-state index < -0.39 is 11.9 Å². The fourth-order valence-electron chi connectivity index (χ4n) is 2.68. The molecule has 0 aromatic heterocycles. The smallest absolute Gasteiger partial charge is 0.321 e. The van der Waals surface area contributed by atoms with Gasteiger partial charge in [0.1, 0.15) is 0 Å². The van der Waals surface area contributed by atoms with E-state index in [0.29, 0.717) is 25.2 Å². The zero-order valence-electron chi connectivity index (χ0n) is 12.4. The Labute approximate surface area is 129 Å². The van der Waals surface area contributed by atoms with E-state index in [1.807, 2.05) is 0 Å².